The van der Waals surface area contributed by atoms with Crippen molar-refractivity contribution in [2.24, 2.45) is 0 Å². The van der Waals surface area contributed by atoms with Gasteiger partial charge in [-0.25, -0.2) is 0 Å². The van der Waals surface area contributed by atoms with Gasteiger partial charge in [-0.2, -0.15) is 0 Å². The fraction of sp³-hybridized carbons (Fsp3) is 0.0526. The molecule has 0 N–H and O–H groups in total. The average molecular weight is 432 g/mol. The summed E-state index contributed by atoms with van der Waals surface area (Å²) in [5.74, 6) is -0.0757. The zero-order valence-electron chi connectivity index (χ0n) is 14.3. The minimum Gasteiger partial charge on any atom is -1.00 e. The highest BCUT2D eigenvalue weighted by molar-refractivity contribution is 5.54. The lowest BCUT2D eigenvalue weighted by molar-refractivity contribution is -0.00100. The van der Waals surface area contributed by atoms with Crippen LogP contribution in [0, 0.1) is 16.2 Å². The Morgan fingerprint density at radius 3 is 0.821 bits per heavy atom. The molecule has 0 aliphatic carbocycles. The Hall–Kier alpha value is -3.21. The number of rotatable bonds is 3. The second kappa shape index (κ2) is 11.5. The summed E-state index contributed by atoms with van der Waals surface area (Å²) in [6.07, 6.45) is 0. The van der Waals surface area contributed by atoms with E-state index in [1.165, 1.54) is 0 Å². The summed E-state index contributed by atoms with van der Waals surface area (Å²) in [5.41, 5.74) is 4.46. The first-order valence-corrected chi connectivity index (χ1v) is 7.60. The number of hydrogen-bond acceptors (Lipinski definition) is 3. The van der Waals surface area contributed by atoms with Gasteiger partial charge < -0.3 is 37.2 Å². The fourth-order valence-corrected chi connectivity index (χ4v) is 2.78. The molecule has 0 aromatic heterocycles. The van der Waals surface area contributed by atoms with Gasteiger partial charge in [0, 0.05) is 42.3 Å². The molecule has 0 amide bonds. The smallest absolute Gasteiger partial charge is 0.385 e. The molecule has 0 radical (unpaired) electrons. The second-order valence-corrected chi connectivity index (χ2v) is 5.51. The Balaban J connectivity index is 0.00000243. The Labute approximate surface area is 180 Å². The molecule has 0 aliphatic heterocycles. The fourth-order valence-electron chi connectivity index (χ4n) is 2.78. The average Bonchev–Trinajstić information content (AvgIpc) is 2.70. The first kappa shape index (κ1) is 24.8. The maximum atomic E-state index is 8.87. The second-order valence-electron chi connectivity index (χ2n) is 5.51. The van der Waals surface area contributed by atoms with Crippen LogP contribution in [0.15, 0.2) is 72.8 Å². The summed E-state index contributed by atoms with van der Waals surface area (Å²) >= 11 is 0. The van der Waals surface area contributed by atoms with Gasteiger partial charge in [-0.15, -0.1) is 0 Å². The van der Waals surface area contributed by atoms with Gasteiger partial charge in [0.2, 0.25) is 16.2 Å². The van der Waals surface area contributed by atoms with Crippen LogP contribution in [0.4, 0.5) is 17.1 Å². The quantitative estimate of drug-likeness (QED) is 0.335. The third-order valence-corrected chi connectivity index (χ3v) is 4.03. The monoisotopic (exact) mass is 430 g/mol. The van der Waals surface area contributed by atoms with Crippen LogP contribution in [0.2, 0.25) is 0 Å². The summed E-state index contributed by atoms with van der Waals surface area (Å²) in [5, 5.41) is 26.6. The molecule has 3 rings (SSSR count). The first-order chi connectivity index (χ1) is 12.2. The van der Waals surface area contributed by atoms with Crippen LogP contribution in [0.5, 0.6) is 0 Å². The Morgan fingerprint density at radius 1 is 0.429 bits per heavy atom. The normalized spacial score (nSPS) is 8.79. The first-order valence-electron chi connectivity index (χ1n) is 7.60. The molecule has 0 saturated heterocycles. The van der Waals surface area contributed by atoms with Crippen LogP contribution >= 0.6 is 0 Å². The molecular weight excluding hydrogens is 419 g/mol. The molecule has 3 aromatic carbocycles. The summed E-state index contributed by atoms with van der Waals surface area (Å²) in [6.45, 7) is 0. The molecule has 0 bridgehead atoms. The summed E-state index contributed by atoms with van der Waals surface area (Å²) < 4.78 is 0. The lowest BCUT2D eigenvalue weighted by atomic mass is 9.85. The molecule has 140 valence electrons. The molecule has 0 atom stereocenters. The van der Waals surface area contributed by atoms with Crippen molar-refractivity contribution in [3.05, 3.63) is 104 Å². The van der Waals surface area contributed by atoms with E-state index >= 15 is 0 Å². The van der Waals surface area contributed by atoms with E-state index in [0.29, 0.717) is 17.1 Å². The van der Waals surface area contributed by atoms with E-state index < -0.39 is 0 Å². The molecule has 0 spiro atoms. The number of benzene rings is 3. The molecular formula is C19H13Cl3N6. The zero-order chi connectivity index (χ0) is 17.6. The van der Waals surface area contributed by atoms with E-state index in [1.807, 2.05) is 36.4 Å². The van der Waals surface area contributed by atoms with Crippen LogP contribution in [0.1, 0.15) is 22.6 Å². The van der Waals surface area contributed by atoms with Gasteiger partial charge in [0.15, 0.2) is 14.9 Å². The molecule has 3 aromatic rings. The van der Waals surface area contributed by atoms with Gasteiger partial charge in [-0.05, 0) is 16.7 Å². The Morgan fingerprint density at radius 2 is 0.643 bits per heavy atom. The Bertz CT molecular complexity index is 878. The van der Waals surface area contributed by atoms with Crippen molar-refractivity contribution in [1.82, 2.24) is 0 Å². The van der Waals surface area contributed by atoms with Gasteiger partial charge in [-0.1, -0.05) is 36.4 Å². The maximum Gasteiger partial charge on any atom is 0.385 e. The third-order valence-electron chi connectivity index (χ3n) is 4.03. The van der Waals surface area contributed by atoms with Gasteiger partial charge in [0.05, 0.1) is 0 Å². The van der Waals surface area contributed by atoms with Crippen molar-refractivity contribution in [1.29, 1.82) is 16.2 Å². The van der Waals surface area contributed by atoms with E-state index in [0.717, 1.165) is 16.7 Å². The standard InChI is InChI=1S/C19H13N6.3ClH/c20-23-16-7-1-13(2-8-16)19(14-3-9-17(24-21)10-4-14)15-5-11-18(25-22)12-6-15;;;/h1-12,19H;3*1H/q+3;;;/p-3. The van der Waals surface area contributed by atoms with Gasteiger partial charge >= 0.3 is 17.1 Å². The molecule has 0 saturated carbocycles. The van der Waals surface area contributed by atoms with Crippen LogP contribution in [0.3, 0.4) is 0 Å². The van der Waals surface area contributed by atoms with Crippen LogP contribution in [0.25, 0.3) is 14.9 Å². The van der Waals surface area contributed by atoms with E-state index in [-0.39, 0.29) is 43.1 Å². The van der Waals surface area contributed by atoms with Crippen LogP contribution < -0.4 is 37.2 Å². The molecule has 0 aliphatic rings. The van der Waals surface area contributed by atoms with E-state index in [9.17, 15) is 0 Å². The van der Waals surface area contributed by atoms with Crippen molar-refractivity contribution < 1.29 is 37.2 Å². The van der Waals surface area contributed by atoms with E-state index in [2.05, 4.69) is 14.9 Å². The predicted octanol–water partition coefficient (Wildman–Crippen LogP) is -2.67. The molecule has 0 fully saturated rings. The van der Waals surface area contributed by atoms with Gasteiger partial charge in [0.1, 0.15) is 0 Å². The van der Waals surface area contributed by atoms with Crippen molar-refractivity contribution in [2.75, 3.05) is 0 Å². The number of nitrogens with zero attached hydrogens (tertiary/aromatic N) is 6. The maximum absolute atomic E-state index is 8.87. The molecule has 9 heteroatoms. The highest BCUT2D eigenvalue weighted by Crippen LogP contribution is 2.34. The predicted molar refractivity (Wildman–Crippen MR) is 94.5 cm³/mol. The van der Waals surface area contributed by atoms with Crippen LogP contribution in [-0.4, -0.2) is 0 Å². The lowest BCUT2D eigenvalue weighted by Gasteiger charge is -2.17. The number of halogens is 3. The molecule has 28 heavy (non-hydrogen) atoms. The minimum atomic E-state index is -0.0757. The van der Waals surface area contributed by atoms with E-state index in [4.69, 9.17) is 16.2 Å². The molecule has 0 heterocycles. The zero-order valence-corrected chi connectivity index (χ0v) is 16.6. The van der Waals surface area contributed by atoms with Crippen molar-refractivity contribution in [2.45, 2.75) is 5.92 Å². The van der Waals surface area contributed by atoms with Crippen molar-refractivity contribution in [3.63, 3.8) is 0 Å². The largest absolute Gasteiger partial charge is 1.00 e. The summed E-state index contributed by atoms with van der Waals surface area (Å²) in [6, 6.07) is 21.8. The molecule has 6 nitrogen and oxygen atoms in total. The van der Waals surface area contributed by atoms with Gasteiger partial charge in [-0.3, -0.25) is 0 Å². The summed E-state index contributed by atoms with van der Waals surface area (Å²) in [4.78, 5) is 9.54. The Kier molecular flexibility index (Phi) is 10.2. The third kappa shape index (κ3) is 5.39. The highest BCUT2D eigenvalue weighted by atomic mass is 35.5. The topological polar surface area (TPSA) is 84.4 Å². The van der Waals surface area contributed by atoms with Crippen LogP contribution in [-0.2, 0) is 0 Å². The van der Waals surface area contributed by atoms with E-state index in [1.54, 1.807) is 36.4 Å². The van der Waals surface area contributed by atoms with Crippen molar-refractivity contribution >= 4 is 17.1 Å². The number of diazo groups is 3. The van der Waals surface area contributed by atoms with Gasteiger partial charge in [0.25, 0.3) is 0 Å². The molecule has 0 unspecified atom stereocenters. The number of hydrogen-bond donors (Lipinski definition) is 0. The summed E-state index contributed by atoms with van der Waals surface area (Å²) in [7, 11) is 0. The van der Waals surface area contributed by atoms with Crippen molar-refractivity contribution in [3.8, 4) is 0 Å². The minimum absolute atomic E-state index is 0. The SMILES string of the molecule is N#[N+]c1ccc(C(c2ccc([N+]#N)cc2)c2ccc([N+]#N)cc2)cc1.[Cl-].[Cl-].[Cl-]. The lowest BCUT2D eigenvalue weighted by Crippen LogP contribution is -3.00. The highest BCUT2D eigenvalue weighted by Gasteiger charge is 2.20.